The minimum Gasteiger partial charge on any atom is -0.382 e. The van der Waals surface area contributed by atoms with E-state index in [1.54, 1.807) is 7.11 Å². The van der Waals surface area contributed by atoms with E-state index in [9.17, 15) is 0 Å². The lowest BCUT2D eigenvalue weighted by Gasteiger charge is -2.23. The van der Waals surface area contributed by atoms with Crippen LogP contribution in [0, 0.1) is 0 Å². The van der Waals surface area contributed by atoms with Crippen molar-refractivity contribution < 1.29 is 14.2 Å². The second kappa shape index (κ2) is 9.09. The van der Waals surface area contributed by atoms with E-state index in [1.165, 1.54) is 12.8 Å². The predicted octanol–water partition coefficient (Wildman–Crippen LogP) is 0.808. The molecule has 0 spiro atoms. The van der Waals surface area contributed by atoms with E-state index in [4.69, 9.17) is 14.2 Å². The largest absolute Gasteiger partial charge is 0.382 e. The Kier molecular flexibility index (Phi) is 7.83. The minimum absolute atomic E-state index is 0.553. The van der Waals surface area contributed by atoms with E-state index in [0.29, 0.717) is 19.3 Å². The Morgan fingerprint density at radius 3 is 3.00 bits per heavy atom. The molecule has 0 aliphatic carbocycles. The van der Waals surface area contributed by atoms with Gasteiger partial charge in [-0.1, -0.05) is 0 Å². The minimum atomic E-state index is 0.553. The van der Waals surface area contributed by atoms with Crippen LogP contribution in [0.4, 0.5) is 0 Å². The normalized spacial score (nSPS) is 21.8. The highest BCUT2D eigenvalue weighted by molar-refractivity contribution is 4.69. The van der Waals surface area contributed by atoms with Gasteiger partial charge < -0.3 is 19.5 Å². The first-order valence-corrected chi connectivity index (χ1v) is 5.81. The quantitative estimate of drug-likeness (QED) is 0.611. The van der Waals surface area contributed by atoms with Crippen LogP contribution in [0.25, 0.3) is 0 Å². The highest BCUT2D eigenvalue weighted by Crippen LogP contribution is 2.05. The number of hydrogen-bond acceptors (Lipinski definition) is 4. The molecular formula is C11H23NO3. The van der Waals surface area contributed by atoms with Crippen LogP contribution >= 0.6 is 0 Å². The Morgan fingerprint density at radius 1 is 1.33 bits per heavy atom. The molecule has 1 aliphatic heterocycles. The van der Waals surface area contributed by atoms with Gasteiger partial charge in [0.25, 0.3) is 0 Å². The van der Waals surface area contributed by atoms with E-state index in [1.807, 2.05) is 0 Å². The maximum absolute atomic E-state index is 5.38. The van der Waals surface area contributed by atoms with Crippen molar-refractivity contribution in [3.8, 4) is 0 Å². The molecular weight excluding hydrogens is 194 g/mol. The zero-order valence-corrected chi connectivity index (χ0v) is 9.67. The molecule has 1 atom stereocenters. The molecule has 1 rings (SSSR count). The Morgan fingerprint density at radius 2 is 2.27 bits per heavy atom. The summed E-state index contributed by atoms with van der Waals surface area (Å²) in [5.41, 5.74) is 0. The van der Waals surface area contributed by atoms with Crippen molar-refractivity contribution in [3.63, 3.8) is 0 Å². The molecule has 1 aliphatic rings. The molecule has 0 saturated carbocycles. The van der Waals surface area contributed by atoms with Crippen molar-refractivity contribution >= 4 is 0 Å². The van der Waals surface area contributed by atoms with Gasteiger partial charge in [-0.05, 0) is 25.8 Å². The fraction of sp³-hybridized carbons (Fsp3) is 1.00. The van der Waals surface area contributed by atoms with Gasteiger partial charge in [0.05, 0.1) is 19.8 Å². The highest BCUT2D eigenvalue weighted by Gasteiger charge is 2.11. The van der Waals surface area contributed by atoms with Crippen molar-refractivity contribution in [2.24, 2.45) is 0 Å². The lowest BCUT2D eigenvalue weighted by molar-refractivity contribution is 0.0612. The molecule has 0 radical (unpaired) electrons. The zero-order valence-electron chi connectivity index (χ0n) is 9.67. The first-order valence-electron chi connectivity index (χ1n) is 5.81. The second-order valence-corrected chi connectivity index (χ2v) is 3.83. The zero-order chi connectivity index (χ0) is 10.8. The predicted molar refractivity (Wildman–Crippen MR) is 59.2 cm³/mol. The molecule has 1 fully saturated rings. The molecule has 1 heterocycles. The van der Waals surface area contributed by atoms with Gasteiger partial charge >= 0.3 is 0 Å². The lowest BCUT2D eigenvalue weighted by Crippen LogP contribution is -2.37. The monoisotopic (exact) mass is 217 g/mol. The summed E-state index contributed by atoms with van der Waals surface area (Å²) in [7, 11) is 1.69. The molecule has 1 unspecified atom stereocenters. The van der Waals surface area contributed by atoms with Gasteiger partial charge in [-0.25, -0.2) is 0 Å². The van der Waals surface area contributed by atoms with Crippen LogP contribution < -0.4 is 5.32 Å². The van der Waals surface area contributed by atoms with Crippen LogP contribution in [0.3, 0.4) is 0 Å². The van der Waals surface area contributed by atoms with E-state index >= 15 is 0 Å². The smallest absolute Gasteiger partial charge is 0.0700 e. The first-order chi connectivity index (χ1) is 7.43. The molecule has 0 aromatic rings. The van der Waals surface area contributed by atoms with E-state index < -0.39 is 0 Å². The van der Waals surface area contributed by atoms with Gasteiger partial charge in [-0.3, -0.25) is 0 Å². The average Bonchev–Trinajstić information content (AvgIpc) is 2.29. The topological polar surface area (TPSA) is 39.7 Å². The summed E-state index contributed by atoms with van der Waals surface area (Å²) in [5.74, 6) is 0. The molecule has 1 N–H and O–H groups in total. The average molecular weight is 217 g/mol. The summed E-state index contributed by atoms with van der Waals surface area (Å²) in [6.45, 7) is 5.00. The molecule has 4 nitrogen and oxygen atoms in total. The fourth-order valence-corrected chi connectivity index (χ4v) is 1.63. The Labute approximate surface area is 92.3 Å². The molecule has 1 saturated heterocycles. The SMILES string of the molecule is COCCOCCCNC1CCCOC1. The van der Waals surface area contributed by atoms with E-state index in [0.717, 1.165) is 32.8 Å². The summed E-state index contributed by atoms with van der Waals surface area (Å²) in [6, 6.07) is 0.553. The molecule has 0 aromatic carbocycles. The Hall–Kier alpha value is -0.160. The van der Waals surface area contributed by atoms with Crippen molar-refractivity contribution in [1.29, 1.82) is 0 Å². The maximum Gasteiger partial charge on any atom is 0.0700 e. The van der Waals surface area contributed by atoms with Gasteiger partial charge in [0, 0.05) is 26.4 Å². The summed E-state index contributed by atoms with van der Waals surface area (Å²) in [4.78, 5) is 0. The number of ether oxygens (including phenoxy) is 3. The Balaban J connectivity index is 1.79. The van der Waals surface area contributed by atoms with Crippen LogP contribution in [0.15, 0.2) is 0 Å². The van der Waals surface area contributed by atoms with Crippen molar-refractivity contribution in [1.82, 2.24) is 5.32 Å². The summed E-state index contributed by atoms with van der Waals surface area (Å²) >= 11 is 0. The van der Waals surface area contributed by atoms with Gasteiger partial charge in [0.2, 0.25) is 0 Å². The van der Waals surface area contributed by atoms with Crippen molar-refractivity contribution in [2.75, 3.05) is 46.7 Å². The van der Waals surface area contributed by atoms with E-state index in [-0.39, 0.29) is 0 Å². The molecule has 4 heteroatoms. The molecule has 0 amide bonds. The fourth-order valence-electron chi connectivity index (χ4n) is 1.63. The first kappa shape index (κ1) is 12.9. The third-order valence-corrected chi connectivity index (χ3v) is 2.49. The van der Waals surface area contributed by atoms with Crippen LogP contribution in [-0.4, -0.2) is 52.7 Å². The number of rotatable bonds is 8. The van der Waals surface area contributed by atoms with Gasteiger partial charge in [0.1, 0.15) is 0 Å². The molecule has 90 valence electrons. The highest BCUT2D eigenvalue weighted by atomic mass is 16.5. The Bertz CT molecular complexity index is 138. The van der Waals surface area contributed by atoms with Crippen LogP contribution in [0.2, 0.25) is 0 Å². The number of methoxy groups -OCH3 is 1. The van der Waals surface area contributed by atoms with Crippen molar-refractivity contribution in [3.05, 3.63) is 0 Å². The van der Waals surface area contributed by atoms with Crippen LogP contribution in [0.1, 0.15) is 19.3 Å². The van der Waals surface area contributed by atoms with E-state index in [2.05, 4.69) is 5.32 Å². The molecule has 0 bridgehead atoms. The number of hydrogen-bond donors (Lipinski definition) is 1. The van der Waals surface area contributed by atoms with Crippen molar-refractivity contribution in [2.45, 2.75) is 25.3 Å². The van der Waals surface area contributed by atoms with Gasteiger partial charge in [-0.2, -0.15) is 0 Å². The second-order valence-electron chi connectivity index (χ2n) is 3.83. The lowest BCUT2D eigenvalue weighted by atomic mass is 10.1. The number of nitrogens with one attached hydrogen (secondary N) is 1. The van der Waals surface area contributed by atoms with Gasteiger partial charge in [-0.15, -0.1) is 0 Å². The third-order valence-electron chi connectivity index (χ3n) is 2.49. The van der Waals surface area contributed by atoms with Crippen LogP contribution in [0.5, 0.6) is 0 Å². The molecule has 0 aromatic heterocycles. The summed E-state index contributed by atoms with van der Waals surface area (Å²) < 4.78 is 15.6. The van der Waals surface area contributed by atoms with Gasteiger partial charge in [0.15, 0.2) is 0 Å². The standard InChI is InChI=1S/C11H23NO3/c1-13-8-9-14-7-3-5-12-11-4-2-6-15-10-11/h11-12H,2-10H2,1H3. The van der Waals surface area contributed by atoms with Crippen LogP contribution in [-0.2, 0) is 14.2 Å². The summed E-state index contributed by atoms with van der Waals surface area (Å²) in [6.07, 6.45) is 3.48. The third kappa shape index (κ3) is 6.84. The molecule has 15 heavy (non-hydrogen) atoms. The summed E-state index contributed by atoms with van der Waals surface area (Å²) in [5, 5.41) is 3.48. The maximum atomic E-state index is 5.38.